The van der Waals surface area contributed by atoms with E-state index in [9.17, 15) is 8.42 Å². The van der Waals surface area contributed by atoms with Crippen LogP contribution in [0.5, 0.6) is 0 Å². The molecule has 0 amide bonds. The number of nitrogens with zero attached hydrogens (tertiary/aromatic N) is 4. The second kappa shape index (κ2) is 5.87. The summed E-state index contributed by atoms with van der Waals surface area (Å²) < 4.78 is 23.9. The molecule has 0 fully saturated rings. The van der Waals surface area contributed by atoms with Crippen molar-refractivity contribution in [2.75, 3.05) is 19.3 Å². The van der Waals surface area contributed by atoms with Gasteiger partial charge in [-0.05, 0) is 18.2 Å². The van der Waals surface area contributed by atoms with Gasteiger partial charge in [0.1, 0.15) is 0 Å². The predicted octanol–water partition coefficient (Wildman–Crippen LogP) is -1.76. The Kier molecular flexibility index (Phi) is 4.77. The Hall–Kier alpha value is -1.06. The number of hydrogen-bond donors (Lipinski definition) is 2. The summed E-state index contributed by atoms with van der Waals surface area (Å²) >= 11 is 0. The standard InChI is InChI=1S/C7H16N6O2S/c1-13-11-7(10-12-13)6-8-4-3-5-9-16(2,14)15/h8-9H,3-6H2,1-2H3. The first-order valence-electron chi connectivity index (χ1n) is 4.85. The molecule has 0 radical (unpaired) electrons. The lowest BCUT2D eigenvalue weighted by atomic mass is 10.4. The van der Waals surface area contributed by atoms with Crippen LogP contribution in [0.15, 0.2) is 0 Å². The largest absolute Gasteiger partial charge is 0.310 e. The van der Waals surface area contributed by atoms with Crippen LogP contribution in [0.1, 0.15) is 12.2 Å². The second-order valence-electron chi connectivity index (χ2n) is 3.39. The van der Waals surface area contributed by atoms with E-state index in [-0.39, 0.29) is 0 Å². The Morgan fingerprint density at radius 1 is 1.38 bits per heavy atom. The molecule has 0 aromatic carbocycles. The Balaban J connectivity index is 2.04. The van der Waals surface area contributed by atoms with Gasteiger partial charge in [-0.25, -0.2) is 13.1 Å². The number of aryl methyl sites for hydroxylation is 1. The molecule has 8 nitrogen and oxygen atoms in total. The van der Waals surface area contributed by atoms with Crippen LogP contribution in [0.3, 0.4) is 0 Å². The molecule has 2 N–H and O–H groups in total. The summed E-state index contributed by atoms with van der Waals surface area (Å²) in [5.41, 5.74) is 0. The van der Waals surface area contributed by atoms with Gasteiger partial charge in [0.15, 0.2) is 5.82 Å². The highest BCUT2D eigenvalue weighted by molar-refractivity contribution is 7.88. The van der Waals surface area contributed by atoms with Gasteiger partial charge in [-0.3, -0.25) is 0 Å². The highest BCUT2D eigenvalue weighted by Gasteiger charge is 2.00. The lowest BCUT2D eigenvalue weighted by molar-refractivity contribution is 0.576. The Bertz CT molecular complexity index is 414. The van der Waals surface area contributed by atoms with E-state index in [1.165, 1.54) is 4.80 Å². The SMILES string of the molecule is Cn1nnc(CNCCCNS(C)(=O)=O)n1. The molecule has 0 aliphatic heterocycles. The van der Waals surface area contributed by atoms with Gasteiger partial charge in [0.2, 0.25) is 10.0 Å². The molecule has 1 aromatic heterocycles. The average molecular weight is 248 g/mol. The van der Waals surface area contributed by atoms with Gasteiger partial charge < -0.3 is 5.32 Å². The van der Waals surface area contributed by atoms with Gasteiger partial charge in [-0.2, -0.15) is 4.80 Å². The Morgan fingerprint density at radius 2 is 2.12 bits per heavy atom. The van der Waals surface area contributed by atoms with Crippen molar-refractivity contribution in [3.63, 3.8) is 0 Å². The first-order chi connectivity index (χ1) is 7.47. The first kappa shape index (κ1) is 13.0. The van der Waals surface area contributed by atoms with Crippen molar-refractivity contribution in [3.05, 3.63) is 5.82 Å². The molecule has 0 unspecified atom stereocenters. The zero-order valence-corrected chi connectivity index (χ0v) is 10.2. The van der Waals surface area contributed by atoms with Crippen molar-refractivity contribution in [2.45, 2.75) is 13.0 Å². The normalized spacial score (nSPS) is 11.9. The fraction of sp³-hybridized carbons (Fsp3) is 0.857. The highest BCUT2D eigenvalue weighted by Crippen LogP contribution is 1.84. The number of sulfonamides is 1. The van der Waals surface area contributed by atoms with Crippen LogP contribution in [-0.2, 0) is 23.6 Å². The fourth-order valence-electron chi connectivity index (χ4n) is 1.07. The molecule has 92 valence electrons. The number of hydrogen-bond acceptors (Lipinski definition) is 6. The molecule has 0 aliphatic carbocycles. The van der Waals surface area contributed by atoms with E-state index < -0.39 is 10.0 Å². The lowest BCUT2D eigenvalue weighted by Crippen LogP contribution is -2.26. The third-order valence-corrected chi connectivity index (χ3v) is 2.46. The second-order valence-corrected chi connectivity index (χ2v) is 5.22. The summed E-state index contributed by atoms with van der Waals surface area (Å²) in [6.45, 7) is 1.66. The minimum atomic E-state index is -3.08. The van der Waals surface area contributed by atoms with E-state index in [4.69, 9.17) is 0 Å². The monoisotopic (exact) mass is 248 g/mol. The molecular weight excluding hydrogens is 232 g/mol. The quantitative estimate of drug-likeness (QED) is 0.554. The maximum absolute atomic E-state index is 10.7. The zero-order valence-electron chi connectivity index (χ0n) is 9.34. The summed E-state index contributed by atoms with van der Waals surface area (Å²) in [6.07, 6.45) is 1.86. The van der Waals surface area contributed by atoms with E-state index in [1.54, 1.807) is 7.05 Å². The van der Waals surface area contributed by atoms with Crippen molar-refractivity contribution in [3.8, 4) is 0 Å². The summed E-state index contributed by atoms with van der Waals surface area (Å²) in [6, 6.07) is 0. The molecule has 0 saturated heterocycles. The van der Waals surface area contributed by atoms with Crippen molar-refractivity contribution in [1.82, 2.24) is 30.2 Å². The maximum atomic E-state index is 10.7. The van der Waals surface area contributed by atoms with Gasteiger partial charge in [0, 0.05) is 6.54 Å². The average Bonchev–Trinajstić information content (AvgIpc) is 2.56. The van der Waals surface area contributed by atoms with Gasteiger partial charge in [0.25, 0.3) is 0 Å². The lowest BCUT2D eigenvalue weighted by Gasteiger charge is -2.02. The Morgan fingerprint density at radius 3 is 2.69 bits per heavy atom. The van der Waals surface area contributed by atoms with Crippen molar-refractivity contribution >= 4 is 10.0 Å². The third kappa shape index (κ3) is 5.73. The molecule has 16 heavy (non-hydrogen) atoms. The molecular formula is C7H16N6O2S. The number of nitrogens with one attached hydrogen (secondary N) is 2. The van der Waals surface area contributed by atoms with Crippen LogP contribution >= 0.6 is 0 Å². The van der Waals surface area contributed by atoms with E-state index in [1.807, 2.05) is 0 Å². The van der Waals surface area contributed by atoms with Gasteiger partial charge in [-0.15, -0.1) is 10.2 Å². The predicted molar refractivity (Wildman–Crippen MR) is 58.0 cm³/mol. The molecule has 1 aromatic rings. The molecule has 9 heteroatoms. The summed E-state index contributed by atoms with van der Waals surface area (Å²) in [5, 5.41) is 14.6. The number of tetrazole rings is 1. The zero-order chi connectivity index (χ0) is 12.0. The first-order valence-corrected chi connectivity index (χ1v) is 6.75. The van der Waals surface area contributed by atoms with Crippen LogP contribution in [0, 0.1) is 0 Å². The van der Waals surface area contributed by atoms with E-state index in [2.05, 4.69) is 25.4 Å². The van der Waals surface area contributed by atoms with E-state index in [0.29, 0.717) is 31.9 Å². The number of aromatic nitrogens is 4. The summed E-state index contributed by atoms with van der Waals surface area (Å²) in [4.78, 5) is 1.39. The molecule has 1 rings (SSSR count). The minimum Gasteiger partial charge on any atom is -0.310 e. The number of rotatable bonds is 7. The van der Waals surface area contributed by atoms with Crippen LogP contribution in [-0.4, -0.2) is 48.0 Å². The fourth-order valence-corrected chi connectivity index (χ4v) is 1.58. The van der Waals surface area contributed by atoms with Gasteiger partial charge >= 0.3 is 0 Å². The molecule has 0 atom stereocenters. The molecule has 1 heterocycles. The highest BCUT2D eigenvalue weighted by atomic mass is 32.2. The van der Waals surface area contributed by atoms with Crippen LogP contribution in [0.4, 0.5) is 0 Å². The van der Waals surface area contributed by atoms with Crippen molar-refractivity contribution in [1.29, 1.82) is 0 Å². The van der Waals surface area contributed by atoms with Gasteiger partial charge in [-0.1, -0.05) is 0 Å². The molecule has 0 spiro atoms. The topological polar surface area (TPSA) is 102 Å². The Labute approximate surface area is 94.5 Å². The van der Waals surface area contributed by atoms with Crippen molar-refractivity contribution < 1.29 is 8.42 Å². The van der Waals surface area contributed by atoms with E-state index in [0.717, 1.165) is 6.26 Å². The molecule has 0 bridgehead atoms. The van der Waals surface area contributed by atoms with Crippen molar-refractivity contribution in [2.24, 2.45) is 7.05 Å². The van der Waals surface area contributed by atoms with Crippen LogP contribution in [0.25, 0.3) is 0 Å². The van der Waals surface area contributed by atoms with Crippen LogP contribution < -0.4 is 10.0 Å². The minimum absolute atomic E-state index is 0.430. The van der Waals surface area contributed by atoms with E-state index >= 15 is 0 Å². The summed E-state index contributed by atoms with van der Waals surface area (Å²) in [7, 11) is -1.38. The third-order valence-electron chi connectivity index (χ3n) is 1.73. The summed E-state index contributed by atoms with van der Waals surface area (Å²) in [5.74, 6) is 0.624. The molecule has 0 aliphatic rings. The van der Waals surface area contributed by atoms with Crippen LogP contribution in [0.2, 0.25) is 0 Å². The molecule has 0 saturated carbocycles. The smallest absolute Gasteiger partial charge is 0.208 e. The maximum Gasteiger partial charge on any atom is 0.208 e. The van der Waals surface area contributed by atoms with Gasteiger partial charge in [0.05, 0.1) is 19.8 Å².